The second-order valence-electron chi connectivity index (χ2n) is 7.07. The number of rotatable bonds is 7. The lowest BCUT2D eigenvalue weighted by Crippen LogP contribution is -2.54. The molecule has 1 heterocycles. The summed E-state index contributed by atoms with van der Waals surface area (Å²) in [6.45, 7) is 4.12. The minimum Gasteiger partial charge on any atom is -0.481 e. The molecule has 0 radical (unpaired) electrons. The average molecular weight is 360 g/mol. The lowest BCUT2D eigenvalue weighted by Gasteiger charge is -2.35. The van der Waals surface area contributed by atoms with Crippen LogP contribution >= 0.6 is 0 Å². The van der Waals surface area contributed by atoms with Crippen LogP contribution in [0.5, 0.6) is 0 Å². The number of piperidine rings is 1. The van der Waals surface area contributed by atoms with Gasteiger partial charge in [0.15, 0.2) is 0 Å². The first-order valence-electron chi connectivity index (χ1n) is 9.26. The summed E-state index contributed by atoms with van der Waals surface area (Å²) in [6.07, 6.45) is 3.59. The number of carboxylic acids is 1. The zero-order valence-corrected chi connectivity index (χ0v) is 15.5. The van der Waals surface area contributed by atoms with E-state index in [-0.39, 0.29) is 18.4 Å². The normalized spacial score (nSPS) is 19.5. The Morgan fingerprint density at radius 2 is 1.92 bits per heavy atom. The third-order valence-corrected chi connectivity index (χ3v) is 5.09. The number of amides is 2. The molecule has 2 rings (SSSR count). The standard InChI is InChI=1S/C20H28N2O4/c1-3-9-17(23)22-13-8-7-12-16(22)18(24)21-14-20(2,19(25)26)15-10-5-4-6-11-15/h4-6,10-11,16H,3,7-9,12-14H2,1-2H3,(H,21,24)(H,25,26). The molecular formula is C20H28N2O4. The number of hydrogen-bond acceptors (Lipinski definition) is 3. The summed E-state index contributed by atoms with van der Waals surface area (Å²) in [6, 6.07) is 8.38. The second kappa shape index (κ2) is 8.83. The number of hydrogen-bond donors (Lipinski definition) is 2. The van der Waals surface area contributed by atoms with E-state index in [4.69, 9.17) is 0 Å². The molecule has 2 amide bonds. The fraction of sp³-hybridized carbons (Fsp3) is 0.550. The number of nitrogens with zero attached hydrogens (tertiary/aromatic N) is 1. The molecule has 0 aromatic heterocycles. The third-order valence-electron chi connectivity index (χ3n) is 5.09. The van der Waals surface area contributed by atoms with Crippen LogP contribution < -0.4 is 5.32 Å². The largest absolute Gasteiger partial charge is 0.481 e. The highest BCUT2D eigenvalue weighted by atomic mass is 16.4. The summed E-state index contributed by atoms with van der Waals surface area (Å²) in [4.78, 5) is 38.5. The predicted octanol–water partition coefficient (Wildman–Crippen LogP) is 2.33. The van der Waals surface area contributed by atoms with Gasteiger partial charge in [-0.1, -0.05) is 37.3 Å². The van der Waals surface area contributed by atoms with Gasteiger partial charge >= 0.3 is 5.97 Å². The number of aliphatic carboxylic acids is 1. The molecule has 1 fully saturated rings. The zero-order chi connectivity index (χ0) is 19.2. The van der Waals surface area contributed by atoms with Gasteiger partial charge in [0.05, 0.1) is 0 Å². The van der Waals surface area contributed by atoms with Crippen LogP contribution in [0.1, 0.15) is 51.5 Å². The number of carbonyl (C=O) groups is 3. The van der Waals surface area contributed by atoms with Crippen LogP contribution in [0, 0.1) is 0 Å². The van der Waals surface area contributed by atoms with Crippen molar-refractivity contribution in [3.8, 4) is 0 Å². The fourth-order valence-corrected chi connectivity index (χ4v) is 3.35. The smallest absolute Gasteiger partial charge is 0.315 e. The van der Waals surface area contributed by atoms with E-state index in [1.807, 2.05) is 13.0 Å². The van der Waals surface area contributed by atoms with Crippen molar-refractivity contribution in [3.05, 3.63) is 35.9 Å². The first-order valence-corrected chi connectivity index (χ1v) is 9.26. The lowest BCUT2D eigenvalue weighted by molar-refractivity contribution is -0.145. The van der Waals surface area contributed by atoms with E-state index in [0.29, 0.717) is 24.9 Å². The van der Waals surface area contributed by atoms with Gasteiger partial charge in [0.25, 0.3) is 0 Å². The molecule has 1 aliphatic rings. The van der Waals surface area contributed by atoms with Gasteiger partial charge in [0.2, 0.25) is 11.8 Å². The summed E-state index contributed by atoms with van der Waals surface area (Å²) >= 11 is 0. The van der Waals surface area contributed by atoms with Gasteiger partial charge in [-0.2, -0.15) is 0 Å². The van der Waals surface area contributed by atoms with E-state index < -0.39 is 17.4 Å². The Morgan fingerprint density at radius 3 is 2.54 bits per heavy atom. The number of carboxylic acid groups (broad SMARTS) is 1. The number of carbonyl (C=O) groups excluding carboxylic acids is 2. The molecule has 1 aromatic rings. The third kappa shape index (κ3) is 4.42. The summed E-state index contributed by atoms with van der Waals surface area (Å²) in [7, 11) is 0. The van der Waals surface area contributed by atoms with Crippen LogP contribution in [0.15, 0.2) is 30.3 Å². The minimum absolute atomic E-state index is 0.00333. The van der Waals surface area contributed by atoms with E-state index in [9.17, 15) is 19.5 Å². The molecule has 1 aromatic carbocycles. The van der Waals surface area contributed by atoms with Crippen molar-refractivity contribution in [1.29, 1.82) is 0 Å². The summed E-state index contributed by atoms with van der Waals surface area (Å²) < 4.78 is 0. The summed E-state index contributed by atoms with van der Waals surface area (Å²) in [5.41, 5.74) is -0.584. The van der Waals surface area contributed by atoms with Gasteiger partial charge in [-0.15, -0.1) is 0 Å². The Labute approximate surface area is 154 Å². The van der Waals surface area contributed by atoms with Gasteiger partial charge in [-0.3, -0.25) is 14.4 Å². The number of benzene rings is 1. The number of likely N-dealkylation sites (tertiary alicyclic amines) is 1. The first-order chi connectivity index (χ1) is 12.4. The lowest BCUT2D eigenvalue weighted by atomic mass is 9.82. The van der Waals surface area contributed by atoms with Gasteiger partial charge in [-0.05, 0) is 38.2 Å². The van der Waals surface area contributed by atoms with E-state index in [1.165, 1.54) is 0 Å². The molecule has 0 spiro atoms. The van der Waals surface area contributed by atoms with Gasteiger partial charge in [0.1, 0.15) is 11.5 Å². The van der Waals surface area contributed by atoms with Crippen molar-refractivity contribution in [2.75, 3.05) is 13.1 Å². The van der Waals surface area contributed by atoms with Crippen LogP contribution in [-0.2, 0) is 19.8 Å². The maximum atomic E-state index is 12.7. The molecule has 142 valence electrons. The van der Waals surface area contributed by atoms with Gasteiger partial charge in [0, 0.05) is 19.5 Å². The van der Waals surface area contributed by atoms with Crippen LogP contribution in [0.2, 0.25) is 0 Å². The van der Waals surface area contributed by atoms with Crippen LogP contribution in [-0.4, -0.2) is 46.9 Å². The van der Waals surface area contributed by atoms with Crippen LogP contribution in [0.25, 0.3) is 0 Å². The predicted molar refractivity (Wildman–Crippen MR) is 98.7 cm³/mol. The van der Waals surface area contributed by atoms with E-state index >= 15 is 0 Å². The van der Waals surface area contributed by atoms with Crippen LogP contribution in [0.3, 0.4) is 0 Å². The topological polar surface area (TPSA) is 86.7 Å². The van der Waals surface area contributed by atoms with E-state index in [2.05, 4.69) is 5.32 Å². The maximum Gasteiger partial charge on any atom is 0.315 e. The van der Waals surface area contributed by atoms with Crippen molar-refractivity contribution < 1.29 is 19.5 Å². The molecule has 0 aliphatic carbocycles. The highest BCUT2D eigenvalue weighted by Crippen LogP contribution is 2.24. The van der Waals surface area contributed by atoms with Crippen molar-refractivity contribution in [2.45, 2.75) is 57.4 Å². The highest BCUT2D eigenvalue weighted by molar-refractivity contribution is 5.89. The summed E-state index contributed by atoms with van der Waals surface area (Å²) in [5.74, 6) is -1.26. The van der Waals surface area contributed by atoms with Crippen molar-refractivity contribution in [1.82, 2.24) is 10.2 Å². The zero-order valence-electron chi connectivity index (χ0n) is 15.5. The highest BCUT2D eigenvalue weighted by Gasteiger charge is 2.37. The Bertz CT molecular complexity index is 646. The molecular weight excluding hydrogens is 332 g/mol. The molecule has 0 bridgehead atoms. The molecule has 0 saturated carbocycles. The first kappa shape index (κ1) is 19.9. The Morgan fingerprint density at radius 1 is 1.23 bits per heavy atom. The summed E-state index contributed by atoms with van der Waals surface area (Å²) in [5, 5.41) is 12.5. The molecule has 1 saturated heterocycles. The van der Waals surface area contributed by atoms with E-state index in [1.54, 1.807) is 36.1 Å². The Balaban J connectivity index is 2.09. The molecule has 2 N–H and O–H groups in total. The van der Waals surface area contributed by atoms with Crippen molar-refractivity contribution in [2.24, 2.45) is 0 Å². The van der Waals surface area contributed by atoms with Gasteiger partial charge in [-0.25, -0.2) is 0 Å². The SMILES string of the molecule is CCCC(=O)N1CCCCC1C(=O)NCC(C)(C(=O)O)c1ccccc1. The molecule has 1 aliphatic heterocycles. The molecule has 6 nitrogen and oxygen atoms in total. The molecule has 2 atom stereocenters. The Hall–Kier alpha value is -2.37. The van der Waals surface area contributed by atoms with Crippen molar-refractivity contribution >= 4 is 17.8 Å². The maximum absolute atomic E-state index is 12.7. The number of nitrogens with one attached hydrogen (secondary N) is 1. The average Bonchev–Trinajstić information content (AvgIpc) is 2.66. The van der Waals surface area contributed by atoms with Crippen molar-refractivity contribution in [3.63, 3.8) is 0 Å². The second-order valence-corrected chi connectivity index (χ2v) is 7.07. The molecule has 2 unspecified atom stereocenters. The molecule has 6 heteroatoms. The minimum atomic E-state index is -1.22. The monoisotopic (exact) mass is 360 g/mol. The Kier molecular flexibility index (Phi) is 6.77. The van der Waals surface area contributed by atoms with E-state index in [0.717, 1.165) is 19.3 Å². The molecule has 26 heavy (non-hydrogen) atoms. The fourth-order valence-electron chi connectivity index (χ4n) is 3.35. The van der Waals surface area contributed by atoms with Gasteiger partial charge < -0.3 is 15.3 Å². The van der Waals surface area contributed by atoms with Crippen LogP contribution in [0.4, 0.5) is 0 Å². The quantitative estimate of drug-likeness (QED) is 0.781.